The first-order valence-corrected chi connectivity index (χ1v) is 9.48. The van der Waals surface area contributed by atoms with Gasteiger partial charge in [-0.1, -0.05) is 26.0 Å². The fourth-order valence-electron chi connectivity index (χ4n) is 3.48. The summed E-state index contributed by atoms with van der Waals surface area (Å²) in [6.45, 7) is 9.86. The van der Waals surface area contributed by atoms with Crippen molar-refractivity contribution in [2.45, 2.75) is 33.1 Å². The van der Waals surface area contributed by atoms with Gasteiger partial charge in [0.1, 0.15) is 5.82 Å². The van der Waals surface area contributed by atoms with Crippen LogP contribution in [0, 0.1) is 17.7 Å². The normalized spacial score (nSPS) is 18.5. The van der Waals surface area contributed by atoms with Crippen molar-refractivity contribution < 1.29 is 4.39 Å². The Morgan fingerprint density at radius 1 is 1.35 bits per heavy atom. The van der Waals surface area contributed by atoms with Crippen LogP contribution < -0.4 is 10.6 Å². The molecule has 0 aromatic heterocycles. The van der Waals surface area contributed by atoms with E-state index in [9.17, 15) is 4.39 Å². The first-order valence-electron chi connectivity index (χ1n) is 9.48. The minimum Gasteiger partial charge on any atom is -0.356 e. The Morgan fingerprint density at radius 2 is 2.15 bits per heavy atom. The molecule has 1 fully saturated rings. The van der Waals surface area contributed by atoms with Gasteiger partial charge in [-0.05, 0) is 55.3 Å². The molecular formula is C20H34FIN4. The van der Waals surface area contributed by atoms with Crippen LogP contribution in [0.1, 0.15) is 32.3 Å². The number of piperidine rings is 1. The molecule has 2 rings (SSSR count). The van der Waals surface area contributed by atoms with E-state index >= 15 is 0 Å². The first kappa shape index (κ1) is 23.1. The highest BCUT2D eigenvalue weighted by atomic mass is 127. The number of aliphatic imine (C=N–C) groups is 1. The van der Waals surface area contributed by atoms with Crippen LogP contribution in [0.2, 0.25) is 0 Å². The Morgan fingerprint density at radius 3 is 2.85 bits per heavy atom. The second-order valence-electron chi connectivity index (χ2n) is 7.42. The molecule has 4 nitrogen and oxygen atoms in total. The third-order valence-corrected chi connectivity index (χ3v) is 4.60. The summed E-state index contributed by atoms with van der Waals surface area (Å²) in [5.74, 6) is 2.05. The van der Waals surface area contributed by atoms with Crippen molar-refractivity contribution in [2.24, 2.45) is 16.8 Å². The summed E-state index contributed by atoms with van der Waals surface area (Å²) in [6.07, 6.45) is 3.34. The monoisotopic (exact) mass is 476 g/mol. The molecule has 1 unspecified atom stereocenters. The lowest BCUT2D eigenvalue weighted by atomic mass is 9.97. The summed E-state index contributed by atoms with van der Waals surface area (Å²) < 4.78 is 13.2. The first-order chi connectivity index (χ1) is 12.1. The van der Waals surface area contributed by atoms with Gasteiger partial charge in [0.2, 0.25) is 0 Å². The number of halogens is 2. The van der Waals surface area contributed by atoms with Crippen LogP contribution in [-0.2, 0) is 6.42 Å². The molecule has 1 heterocycles. The minimum absolute atomic E-state index is 0. The molecule has 1 atom stereocenters. The highest BCUT2D eigenvalue weighted by Crippen LogP contribution is 2.16. The molecule has 26 heavy (non-hydrogen) atoms. The molecular weight excluding hydrogens is 442 g/mol. The number of hydrogen-bond acceptors (Lipinski definition) is 2. The maximum absolute atomic E-state index is 13.2. The summed E-state index contributed by atoms with van der Waals surface area (Å²) in [4.78, 5) is 6.88. The van der Waals surface area contributed by atoms with E-state index in [1.54, 1.807) is 19.2 Å². The molecule has 1 aromatic rings. The SMILES string of the molecule is CN=C(NCCc1cccc(F)c1)NCC1CCCN(CC(C)C)C1.I. The van der Waals surface area contributed by atoms with Gasteiger partial charge in [-0.15, -0.1) is 24.0 Å². The van der Waals surface area contributed by atoms with Crippen LogP contribution in [0.3, 0.4) is 0 Å². The van der Waals surface area contributed by atoms with E-state index < -0.39 is 0 Å². The Kier molecular flexibility index (Phi) is 11.1. The number of nitrogens with zero attached hydrogens (tertiary/aromatic N) is 2. The lowest BCUT2D eigenvalue weighted by Gasteiger charge is -2.34. The molecule has 2 N–H and O–H groups in total. The highest BCUT2D eigenvalue weighted by molar-refractivity contribution is 14.0. The fourth-order valence-corrected chi connectivity index (χ4v) is 3.48. The minimum atomic E-state index is -0.178. The standard InChI is InChI=1S/C20H33FN4.HI/c1-16(2)14-25-11-5-7-18(15-25)13-24-20(22-3)23-10-9-17-6-4-8-19(21)12-17;/h4,6,8,12,16,18H,5,7,9-11,13-15H2,1-3H3,(H2,22,23,24);1H. The summed E-state index contributed by atoms with van der Waals surface area (Å²) in [7, 11) is 1.80. The number of rotatable bonds is 7. The summed E-state index contributed by atoms with van der Waals surface area (Å²) in [5.41, 5.74) is 1.000. The van der Waals surface area contributed by atoms with E-state index in [1.165, 1.54) is 38.5 Å². The van der Waals surface area contributed by atoms with Crippen molar-refractivity contribution in [2.75, 3.05) is 39.8 Å². The van der Waals surface area contributed by atoms with Crippen LogP contribution in [0.4, 0.5) is 4.39 Å². The Hall–Kier alpha value is -0.890. The van der Waals surface area contributed by atoms with Crippen molar-refractivity contribution in [3.63, 3.8) is 0 Å². The highest BCUT2D eigenvalue weighted by Gasteiger charge is 2.20. The lowest BCUT2D eigenvalue weighted by molar-refractivity contribution is 0.159. The molecule has 1 saturated heterocycles. The zero-order valence-corrected chi connectivity index (χ0v) is 18.6. The molecule has 6 heteroatoms. The van der Waals surface area contributed by atoms with Gasteiger partial charge in [0.05, 0.1) is 0 Å². The van der Waals surface area contributed by atoms with Crippen molar-refractivity contribution in [1.29, 1.82) is 0 Å². The predicted molar refractivity (Wildman–Crippen MR) is 119 cm³/mol. The third kappa shape index (κ3) is 8.66. The van der Waals surface area contributed by atoms with Crippen molar-refractivity contribution in [3.8, 4) is 0 Å². The van der Waals surface area contributed by atoms with Crippen LogP contribution >= 0.6 is 24.0 Å². The molecule has 1 aliphatic rings. The average Bonchev–Trinajstić information content (AvgIpc) is 2.58. The van der Waals surface area contributed by atoms with Gasteiger partial charge in [-0.25, -0.2) is 4.39 Å². The van der Waals surface area contributed by atoms with Gasteiger partial charge in [0.15, 0.2) is 5.96 Å². The van der Waals surface area contributed by atoms with Crippen LogP contribution in [0.5, 0.6) is 0 Å². The smallest absolute Gasteiger partial charge is 0.190 e. The molecule has 0 bridgehead atoms. The Labute approximate surface area is 175 Å². The number of benzene rings is 1. The van der Waals surface area contributed by atoms with E-state index in [2.05, 4.69) is 34.4 Å². The Balaban J connectivity index is 0.00000338. The number of nitrogens with one attached hydrogen (secondary N) is 2. The van der Waals surface area contributed by atoms with Crippen molar-refractivity contribution in [1.82, 2.24) is 15.5 Å². The molecule has 1 aromatic carbocycles. The van der Waals surface area contributed by atoms with Gasteiger partial charge in [-0.3, -0.25) is 4.99 Å². The second kappa shape index (κ2) is 12.5. The molecule has 148 valence electrons. The lowest BCUT2D eigenvalue weighted by Crippen LogP contribution is -2.45. The largest absolute Gasteiger partial charge is 0.356 e. The van der Waals surface area contributed by atoms with Gasteiger partial charge < -0.3 is 15.5 Å². The number of hydrogen-bond donors (Lipinski definition) is 2. The fraction of sp³-hybridized carbons (Fsp3) is 0.650. The predicted octanol–water partition coefficient (Wildman–Crippen LogP) is 3.52. The quantitative estimate of drug-likeness (QED) is 0.360. The van der Waals surface area contributed by atoms with E-state index in [4.69, 9.17) is 0 Å². The van der Waals surface area contributed by atoms with E-state index in [0.29, 0.717) is 5.92 Å². The van der Waals surface area contributed by atoms with Gasteiger partial charge >= 0.3 is 0 Å². The maximum atomic E-state index is 13.2. The van der Waals surface area contributed by atoms with E-state index in [1.807, 2.05) is 6.07 Å². The molecule has 0 saturated carbocycles. The van der Waals surface area contributed by atoms with Crippen LogP contribution in [0.25, 0.3) is 0 Å². The van der Waals surface area contributed by atoms with Crippen molar-refractivity contribution >= 4 is 29.9 Å². The van der Waals surface area contributed by atoms with Gasteiger partial charge in [0.25, 0.3) is 0 Å². The summed E-state index contributed by atoms with van der Waals surface area (Å²) in [6, 6.07) is 6.77. The van der Waals surface area contributed by atoms with E-state index in [0.717, 1.165) is 37.0 Å². The molecule has 1 aliphatic heterocycles. The van der Waals surface area contributed by atoms with Crippen molar-refractivity contribution in [3.05, 3.63) is 35.6 Å². The summed E-state index contributed by atoms with van der Waals surface area (Å²) >= 11 is 0. The molecule has 0 spiro atoms. The maximum Gasteiger partial charge on any atom is 0.190 e. The second-order valence-corrected chi connectivity index (χ2v) is 7.42. The number of guanidine groups is 1. The zero-order valence-electron chi connectivity index (χ0n) is 16.3. The Bertz CT molecular complexity index is 550. The van der Waals surface area contributed by atoms with Crippen LogP contribution in [0.15, 0.2) is 29.3 Å². The average molecular weight is 476 g/mol. The third-order valence-electron chi connectivity index (χ3n) is 4.60. The molecule has 0 radical (unpaired) electrons. The topological polar surface area (TPSA) is 39.7 Å². The van der Waals surface area contributed by atoms with E-state index in [-0.39, 0.29) is 29.8 Å². The summed E-state index contributed by atoms with van der Waals surface area (Å²) in [5, 5.41) is 6.77. The van der Waals surface area contributed by atoms with Gasteiger partial charge in [0, 0.05) is 33.2 Å². The molecule has 0 amide bonds. The van der Waals surface area contributed by atoms with Gasteiger partial charge in [-0.2, -0.15) is 0 Å². The molecule has 0 aliphatic carbocycles. The van der Waals surface area contributed by atoms with Crippen LogP contribution in [-0.4, -0.2) is 50.6 Å². The zero-order chi connectivity index (χ0) is 18.1. The number of likely N-dealkylation sites (tertiary alicyclic amines) is 1.